The number of likely N-dealkylation sites (N-methyl/N-ethyl adjacent to an activating group) is 1. The number of amides is 1. The third kappa shape index (κ3) is 6.30. The molecule has 0 unspecified atom stereocenters. The molecule has 2 fully saturated rings. The highest BCUT2D eigenvalue weighted by Gasteiger charge is 2.26. The summed E-state index contributed by atoms with van der Waals surface area (Å²) < 4.78 is 5.17. The zero-order valence-electron chi connectivity index (χ0n) is 21.5. The van der Waals surface area contributed by atoms with Crippen LogP contribution in [-0.4, -0.2) is 64.6 Å². The number of rotatable bonds is 9. The number of hydrogen-bond donors (Lipinski definition) is 2. The molecule has 37 heavy (non-hydrogen) atoms. The maximum Gasteiger partial charge on any atom is 0.227 e. The molecule has 8 nitrogen and oxygen atoms in total. The molecule has 9 heteroatoms. The molecule has 196 valence electrons. The van der Waals surface area contributed by atoms with E-state index >= 15 is 0 Å². The molecule has 0 radical (unpaired) electrons. The number of pyridine rings is 1. The van der Waals surface area contributed by atoms with Gasteiger partial charge in [-0.1, -0.05) is 23.7 Å². The van der Waals surface area contributed by atoms with Crippen LogP contribution in [0.5, 0.6) is 0 Å². The molecule has 2 aromatic heterocycles. The first kappa shape index (κ1) is 25.7. The number of fused-ring (bicyclic) bond motifs is 1. The number of carbonyl (C=O) groups is 1. The Kier molecular flexibility index (Phi) is 8.05. The number of carbonyl (C=O) groups excluding carboxylic acids is 1. The SMILES string of the molecule is Cc1ccc2ccc(NC3CCC(CCNc4ncc(CC(=O)N(C)C5COC5)cn4)CC3)nc2c1Cl. The average Bonchev–Trinajstić information content (AvgIpc) is 2.87. The maximum atomic E-state index is 12.4. The van der Waals surface area contributed by atoms with Gasteiger partial charge in [0.2, 0.25) is 11.9 Å². The van der Waals surface area contributed by atoms with E-state index in [-0.39, 0.29) is 11.9 Å². The molecule has 1 saturated carbocycles. The minimum absolute atomic E-state index is 0.0676. The summed E-state index contributed by atoms with van der Waals surface area (Å²) in [5.41, 5.74) is 2.74. The molecule has 1 aliphatic carbocycles. The smallest absolute Gasteiger partial charge is 0.227 e. The van der Waals surface area contributed by atoms with Gasteiger partial charge in [-0.15, -0.1) is 0 Å². The lowest BCUT2D eigenvalue weighted by Gasteiger charge is -2.34. The predicted octanol–water partition coefficient (Wildman–Crippen LogP) is 4.86. The van der Waals surface area contributed by atoms with Crippen molar-refractivity contribution >= 4 is 40.2 Å². The van der Waals surface area contributed by atoms with E-state index in [0.29, 0.717) is 37.5 Å². The Morgan fingerprint density at radius 2 is 1.84 bits per heavy atom. The predicted molar refractivity (Wildman–Crippen MR) is 147 cm³/mol. The number of nitrogens with one attached hydrogen (secondary N) is 2. The molecule has 0 spiro atoms. The van der Waals surface area contributed by atoms with Gasteiger partial charge in [-0.05, 0) is 68.2 Å². The summed E-state index contributed by atoms with van der Waals surface area (Å²) in [7, 11) is 1.83. The summed E-state index contributed by atoms with van der Waals surface area (Å²) in [6.45, 7) is 4.10. The van der Waals surface area contributed by atoms with E-state index in [4.69, 9.17) is 21.3 Å². The van der Waals surface area contributed by atoms with Crippen LogP contribution >= 0.6 is 11.6 Å². The van der Waals surface area contributed by atoms with Gasteiger partial charge in [-0.3, -0.25) is 4.79 Å². The van der Waals surface area contributed by atoms with Crippen molar-refractivity contribution in [3.8, 4) is 0 Å². The molecular weight excluding hydrogens is 488 g/mol. The van der Waals surface area contributed by atoms with Crippen molar-refractivity contribution in [2.75, 3.05) is 37.4 Å². The maximum absolute atomic E-state index is 12.4. The molecule has 2 aliphatic rings. The van der Waals surface area contributed by atoms with E-state index in [1.54, 1.807) is 17.3 Å². The van der Waals surface area contributed by atoms with E-state index in [9.17, 15) is 4.79 Å². The summed E-state index contributed by atoms with van der Waals surface area (Å²) in [5.74, 6) is 2.27. The Labute approximate surface area is 223 Å². The molecule has 2 N–H and O–H groups in total. The summed E-state index contributed by atoms with van der Waals surface area (Å²) in [6, 6.07) is 8.87. The number of anilines is 2. The molecule has 5 rings (SSSR count). The lowest BCUT2D eigenvalue weighted by atomic mass is 9.84. The van der Waals surface area contributed by atoms with Gasteiger partial charge in [0.15, 0.2) is 0 Å². The van der Waals surface area contributed by atoms with Gasteiger partial charge in [0.05, 0.1) is 36.2 Å². The largest absolute Gasteiger partial charge is 0.377 e. The first-order valence-electron chi connectivity index (χ1n) is 13.2. The second-order valence-electron chi connectivity index (χ2n) is 10.3. The standard InChI is InChI=1S/C28H35ClN6O2/c1-18-3-6-21-7-10-24(34-27(21)26(18)29)33-22-8-4-19(5-9-22)11-12-30-28-31-14-20(15-32-28)13-25(36)35(2)23-16-37-17-23/h3,6-7,10,14-15,19,22-23H,4-5,8-9,11-13,16-17H2,1-2H3,(H,33,34)(H,30,31,32). The molecule has 0 atom stereocenters. The van der Waals surface area contributed by atoms with Gasteiger partial charge >= 0.3 is 0 Å². The van der Waals surface area contributed by atoms with Crippen LogP contribution in [0, 0.1) is 12.8 Å². The van der Waals surface area contributed by atoms with E-state index in [1.165, 1.54) is 12.8 Å². The fraction of sp³-hybridized carbons (Fsp3) is 0.500. The Balaban J connectivity index is 1.03. The van der Waals surface area contributed by atoms with Crippen LogP contribution in [0.15, 0.2) is 36.7 Å². The lowest BCUT2D eigenvalue weighted by molar-refractivity contribution is -0.140. The molecule has 3 heterocycles. The Hall–Kier alpha value is -2.97. The number of ether oxygens (including phenoxy) is 1. The first-order valence-corrected chi connectivity index (χ1v) is 13.5. The third-order valence-electron chi connectivity index (χ3n) is 7.65. The summed E-state index contributed by atoms with van der Waals surface area (Å²) in [6.07, 6.45) is 9.52. The van der Waals surface area contributed by atoms with Crippen molar-refractivity contribution in [1.29, 1.82) is 0 Å². The number of aromatic nitrogens is 3. The normalized spacial score (nSPS) is 19.9. The van der Waals surface area contributed by atoms with Crippen LogP contribution in [0.3, 0.4) is 0 Å². The second-order valence-corrected chi connectivity index (χ2v) is 10.7. The monoisotopic (exact) mass is 522 g/mol. The molecular formula is C28H35ClN6O2. The summed E-state index contributed by atoms with van der Waals surface area (Å²) in [5, 5.41) is 8.76. The molecule has 1 aliphatic heterocycles. The minimum Gasteiger partial charge on any atom is -0.377 e. The topological polar surface area (TPSA) is 92.3 Å². The number of benzene rings is 1. The van der Waals surface area contributed by atoms with E-state index in [2.05, 4.69) is 32.7 Å². The highest BCUT2D eigenvalue weighted by molar-refractivity contribution is 6.35. The van der Waals surface area contributed by atoms with Gasteiger partial charge in [-0.2, -0.15) is 0 Å². The van der Waals surface area contributed by atoms with Crippen LogP contribution in [0.25, 0.3) is 10.9 Å². The Bertz CT molecular complexity index is 1230. The van der Waals surface area contributed by atoms with E-state index < -0.39 is 0 Å². The Morgan fingerprint density at radius 3 is 2.54 bits per heavy atom. The van der Waals surface area contributed by atoms with Crippen molar-refractivity contribution in [1.82, 2.24) is 19.9 Å². The van der Waals surface area contributed by atoms with E-state index in [0.717, 1.165) is 58.7 Å². The first-order chi connectivity index (χ1) is 18.0. The van der Waals surface area contributed by atoms with Gasteiger partial charge in [0, 0.05) is 37.4 Å². The van der Waals surface area contributed by atoms with Crippen LogP contribution in [-0.2, 0) is 16.0 Å². The van der Waals surface area contributed by atoms with Crippen LogP contribution in [0.4, 0.5) is 11.8 Å². The molecule has 1 aromatic carbocycles. The van der Waals surface area contributed by atoms with Crippen molar-refractivity contribution in [2.45, 2.75) is 57.5 Å². The molecule has 3 aromatic rings. The van der Waals surface area contributed by atoms with Gasteiger partial charge in [-0.25, -0.2) is 15.0 Å². The molecule has 0 bridgehead atoms. The molecule has 1 amide bonds. The zero-order valence-corrected chi connectivity index (χ0v) is 22.3. The number of halogens is 1. The average molecular weight is 523 g/mol. The van der Waals surface area contributed by atoms with Crippen molar-refractivity contribution in [3.63, 3.8) is 0 Å². The zero-order chi connectivity index (χ0) is 25.8. The summed E-state index contributed by atoms with van der Waals surface area (Å²) in [4.78, 5) is 27.7. The highest BCUT2D eigenvalue weighted by atomic mass is 35.5. The van der Waals surface area contributed by atoms with Gasteiger partial charge < -0.3 is 20.3 Å². The van der Waals surface area contributed by atoms with Crippen LogP contribution in [0.2, 0.25) is 5.02 Å². The quantitative estimate of drug-likeness (QED) is 0.414. The number of aryl methyl sites for hydroxylation is 1. The lowest BCUT2D eigenvalue weighted by Crippen LogP contribution is -2.50. The minimum atomic E-state index is 0.0676. The fourth-order valence-electron chi connectivity index (χ4n) is 5.02. The van der Waals surface area contributed by atoms with Crippen LogP contribution in [0.1, 0.15) is 43.2 Å². The second kappa shape index (κ2) is 11.6. The molecule has 1 saturated heterocycles. The third-order valence-corrected chi connectivity index (χ3v) is 8.13. The van der Waals surface area contributed by atoms with Crippen LogP contribution < -0.4 is 10.6 Å². The van der Waals surface area contributed by atoms with Crippen molar-refractivity contribution < 1.29 is 9.53 Å². The highest BCUT2D eigenvalue weighted by Crippen LogP contribution is 2.30. The Morgan fingerprint density at radius 1 is 1.11 bits per heavy atom. The summed E-state index contributed by atoms with van der Waals surface area (Å²) >= 11 is 6.48. The van der Waals surface area contributed by atoms with Gasteiger partial charge in [0.1, 0.15) is 5.82 Å². The fourth-order valence-corrected chi connectivity index (χ4v) is 5.23. The number of hydrogen-bond acceptors (Lipinski definition) is 7. The van der Waals surface area contributed by atoms with Crippen molar-refractivity contribution in [3.05, 3.63) is 52.8 Å². The number of nitrogens with zero attached hydrogens (tertiary/aromatic N) is 4. The van der Waals surface area contributed by atoms with Crippen molar-refractivity contribution in [2.24, 2.45) is 5.92 Å². The van der Waals surface area contributed by atoms with Gasteiger partial charge in [0.25, 0.3) is 0 Å². The van der Waals surface area contributed by atoms with E-state index in [1.807, 2.05) is 26.1 Å².